The number of amides is 1. The predicted octanol–water partition coefficient (Wildman–Crippen LogP) is 4.29. The molecule has 36 heavy (non-hydrogen) atoms. The molecular weight excluding hydrogens is 502 g/mol. The van der Waals surface area contributed by atoms with Crippen LogP contribution in [0.1, 0.15) is 24.2 Å². The van der Waals surface area contributed by atoms with Gasteiger partial charge in [0.25, 0.3) is 5.91 Å². The monoisotopic (exact) mass is 529 g/mol. The number of para-hydroxylation sites is 2. The summed E-state index contributed by atoms with van der Waals surface area (Å²) in [6, 6.07) is 12.4. The Labute approximate surface area is 215 Å². The number of carbonyl (C=O) groups is 1. The van der Waals surface area contributed by atoms with Crippen LogP contribution in [0, 0.1) is 0 Å². The molecular formula is C24H28ClN7O3S. The second-order valence-corrected chi connectivity index (χ2v) is 10.4. The Bertz CT molecular complexity index is 1380. The van der Waals surface area contributed by atoms with Crippen molar-refractivity contribution in [2.24, 2.45) is 0 Å². The smallest absolute Gasteiger partial charge is 0.256 e. The van der Waals surface area contributed by atoms with Crippen molar-refractivity contribution in [3.63, 3.8) is 0 Å². The minimum Gasteiger partial charge on any atom is -0.369 e. The van der Waals surface area contributed by atoms with E-state index in [1.165, 1.54) is 6.20 Å². The molecule has 12 heteroatoms. The lowest BCUT2D eigenvalue weighted by Crippen LogP contribution is -2.34. The second-order valence-electron chi connectivity index (χ2n) is 8.26. The summed E-state index contributed by atoms with van der Waals surface area (Å²) < 4.78 is 25.9. The molecule has 0 aliphatic carbocycles. The van der Waals surface area contributed by atoms with Gasteiger partial charge in [0.05, 0.1) is 35.1 Å². The van der Waals surface area contributed by atoms with Gasteiger partial charge in [0.2, 0.25) is 16.0 Å². The molecule has 0 radical (unpaired) electrons. The Morgan fingerprint density at radius 3 is 2.39 bits per heavy atom. The maximum absolute atomic E-state index is 13.0. The van der Waals surface area contributed by atoms with Crippen LogP contribution in [-0.2, 0) is 10.0 Å². The van der Waals surface area contributed by atoms with Crippen molar-refractivity contribution in [2.45, 2.75) is 13.8 Å². The molecule has 0 spiro atoms. The molecule has 0 saturated heterocycles. The van der Waals surface area contributed by atoms with Gasteiger partial charge in [0.1, 0.15) is 5.02 Å². The first-order chi connectivity index (χ1) is 17.2. The molecule has 0 unspecified atom stereocenters. The summed E-state index contributed by atoms with van der Waals surface area (Å²) in [7, 11) is -3.48. The van der Waals surface area contributed by atoms with Crippen molar-refractivity contribution >= 4 is 62.0 Å². The fraction of sp³-hybridized carbons (Fsp3) is 0.292. The molecule has 3 N–H and O–H groups in total. The average molecular weight is 530 g/mol. The molecule has 1 aliphatic heterocycles. The van der Waals surface area contributed by atoms with Gasteiger partial charge in [0, 0.05) is 31.9 Å². The standard InChI is InChI=1S/C24H28ClN7O3S/c1-4-31-12-13-32(5-2)23(33)17-11-10-16(14-21(17)31)27-24-26-15-18(25)22(29-24)28-19-8-6-7-9-20(19)30-36(3,34)35/h6-11,14-15,30H,4-5,12-13H2,1-3H3,(H2,26,27,28,29). The van der Waals surface area contributed by atoms with Crippen molar-refractivity contribution < 1.29 is 13.2 Å². The van der Waals surface area contributed by atoms with Crippen molar-refractivity contribution in [2.75, 3.05) is 52.7 Å². The molecule has 0 bridgehead atoms. The number of sulfonamides is 1. The van der Waals surface area contributed by atoms with Gasteiger partial charge in [-0.2, -0.15) is 4.98 Å². The quantitative estimate of drug-likeness (QED) is 0.395. The van der Waals surface area contributed by atoms with Gasteiger partial charge in [-0.3, -0.25) is 9.52 Å². The third kappa shape index (κ3) is 5.80. The van der Waals surface area contributed by atoms with E-state index in [0.717, 1.165) is 30.7 Å². The van der Waals surface area contributed by atoms with Crippen LogP contribution < -0.4 is 20.3 Å². The van der Waals surface area contributed by atoms with Gasteiger partial charge in [0.15, 0.2) is 5.82 Å². The molecule has 3 aromatic rings. The molecule has 1 aliphatic rings. The fourth-order valence-electron chi connectivity index (χ4n) is 3.97. The first-order valence-corrected chi connectivity index (χ1v) is 13.8. The molecule has 1 amide bonds. The fourth-order valence-corrected chi connectivity index (χ4v) is 4.68. The van der Waals surface area contributed by atoms with E-state index in [1.54, 1.807) is 24.3 Å². The number of halogens is 1. The number of aromatic nitrogens is 2. The van der Waals surface area contributed by atoms with E-state index in [1.807, 2.05) is 30.0 Å². The van der Waals surface area contributed by atoms with Gasteiger partial charge in [-0.15, -0.1) is 0 Å². The third-order valence-electron chi connectivity index (χ3n) is 5.74. The summed E-state index contributed by atoms with van der Waals surface area (Å²) in [5, 5.41) is 6.52. The largest absolute Gasteiger partial charge is 0.369 e. The van der Waals surface area contributed by atoms with E-state index in [0.29, 0.717) is 35.8 Å². The number of likely N-dealkylation sites (N-methyl/N-ethyl adjacent to an activating group) is 2. The van der Waals surface area contributed by atoms with Crippen LogP contribution in [0.5, 0.6) is 0 Å². The zero-order valence-corrected chi connectivity index (χ0v) is 21.8. The molecule has 4 rings (SSSR count). The maximum Gasteiger partial charge on any atom is 0.256 e. The normalized spacial score (nSPS) is 13.7. The van der Waals surface area contributed by atoms with Crippen LogP contribution in [0.25, 0.3) is 0 Å². The zero-order chi connectivity index (χ0) is 25.9. The Kier molecular flexibility index (Phi) is 7.51. The Balaban J connectivity index is 1.61. The van der Waals surface area contributed by atoms with Gasteiger partial charge in [-0.1, -0.05) is 23.7 Å². The van der Waals surface area contributed by atoms with Crippen LogP contribution >= 0.6 is 11.6 Å². The van der Waals surface area contributed by atoms with Crippen molar-refractivity contribution in [3.05, 3.63) is 59.2 Å². The summed E-state index contributed by atoms with van der Waals surface area (Å²) in [5.41, 5.74) is 3.09. The number of hydrogen-bond donors (Lipinski definition) is 3. The summed E-state index contributed by atoms with van der Waals surface area (Å²) in [5.74, 6) is 0.606. The minimum atomic E-state index is -3.48. The van der Waals surface area contributed by atoms with Crippen LogP contribution in [-0.4, -0.2) is 61.6 Å². The molecule has 190 valence electrons. The number of benzene rings is 2. The van der Waals surface area contributed by atoms with Gasteiger partial charge in [-0.25, -0.2) is 13.4 Å². The van der Waals surface area contributed by atoms with Crippen LogP contribution in [0.15, 0.2) is 48.7 Å². The molecule has 0 saturated carbocycles. The first-order valence-electron chi connectivity index (χ1n) is 11.5. The number of fused-ring (bicyclic) bond motifs is 1. The van der Waals surface area contributed by atoms with Crippen molar-refractivity contribution in [3.8, 4) is 0 Å². The van der Waals surface area contributed by atoms with E-state index >= 15 is 0 Å². The SMILES string of the molecule is CCN1CCN(CC)c2cc(Nc3ncc(Cl)c(Nc4ccccc4NS(C)(=O)=O)n3)ccc2C1=O. The highest BCUT2D eigenvalue weighted by Crippen LogP contribution is 2.32. The van der Waals surface area contributed by atoms with Gasteiger partial charge < -0.3 is 20.4 Å². The third-order valence-corrected chi connectivity index (χ3v) is 6.60. The lowest BCUT2D eigenvalue weighted by atomic mass is 10.1. The summed E-state index contributed by atoms with van der Waals surface area (Å²) in [4.78, 5) is 25.7. The molecule has 10 nitrogen and oxygen atoms in total. The number of rotatable bonds is 8. The first kappa shape index (κ1) is 25.5. The average Bonchev–Trinajstić information content (AvgIpc) is 2.97. The lowest BCUT2D eigenvalue weighted by Gasteiger charge is -2.23. The molecule has 0 atom stereocenters. The number of anilines is 6. The summed E-state index contributed by atoms with van der Waals surface area (Å²) in [6.45, 7) is 6.90. The maximum atomic E-state index is 13.0. The van der Waals surface area contributed by atoms with Gasteiger partial charge in [-0.05, 0) is 44.2 Å². The minimum absolute atomic E-state index is 0.0191. The number of nitrogens with zero attached hydrogens (tertiary/aromatic N) is 4. The Morgan fingerprint density at radius 1 is 1.00 bits per heavy atom. The van der Waals surface area contributed by atoms with E-state index in [-0.39, 0.29) is 16.9 Å². The molecule has 1 aromatic heterocycles. The highest BCUT2D eigenvalue weighted by molar-refractivity contribution is 7.92. The molecule has 2 heterocycles. The van der Waals surface area contributed by atoms with Crippen molar-refractivity contribution in [1.29, 1.82) is 0 Å². The Morgan fingerprint density at radius 2 is 1.69 bits per heavy atom. The summed E-state index contributed by atoms with van der Waals surface area (Å²) in [6.07, 6.45) is 2.54. The number of hydrogen-bond acceptors (Lipinski definition) is 8. The van der Waals surface area contributed by atoms with Crippen LogP contribution in [0.3, 0.4) is 0 Å². The number of carbonyl (C=O) groups excluding carboxylic acids is 1. The highest BCUT2D eigenvalue weighted by atomic mass is 35.5. The Hall–Kier alpha value is -3.57. The predicted molar refractivity (Wildman–Crippen MR) is 144 cm³/mol. The lowest BCUT2D eigenvalue weighted by molar-refractivity contribution is 0.0775. The van der Waals surface area contributed by atoms with Crippen LogP contribution in [0.4, 0.5) is 34.5 Å². The van der Waals surface area contributed by atoms with E-state index in [2.05, 4.69) is 37.1 Å². The van der Waals surface area contributed by atoms with E-state index in [4.69, 9.17) is 11.6 Å². The zero-order valence-electron chi connectivity index (χ0n) is 20.2. The van der Waals surface area contributed by atoms with E-state index < -0.39 is 10.0 Å². The highest BCUT2D eigenvalue weighted by Gasteiger charge is 2.25. The van der Waals surface area contributed by atoms with Gasteiger partial charge >= 0.3 is 0 Å². The molecule has 2 aromatic carbocycles. The van der Waals surface area contributed by atoms with E-state index in [9.17, 15) is 13.2 Å². The molecule has 0 fully saturated rings. The van der Waals surface area contributed by atoms with Crippen molar-refractivity contribution in [1.82, 2.24) is 14.9 Å². The topological polar surface area (TPSA) is 120 Å². The summed E-state index contributed by atoms with van der Waals surface area (Å²) >= 11 is 6.33. The second kappa shape index (κ2) is 10.6. The number of nitrogens with one attached hydrogen (secondary N) is 3. The van der Waals surface area contributed by atoms with Crippen LogP contribution in [0.2, 0.25) is 5.02 Å².